The first-order valence-electron chi connectivity index (χ1n) is 18.4. The average molecular weight is 1120 g/mol. The van der Waals surface area contributed by atoms with Crippen LogP contribution in [0.1, 0.15) is 54.9 Å². The molecule has 0 aliphatic heterocycles. The molecule has 0 heterocycles. The Morgan fingerprint density at radius 1 is 0.583 bits per heavy atom. The van der Waals surface area contributed by atoms with Crippen LogP contribution in [0.3, 0.4) is 0 Å². The molecule has 12 nitrogen and oxygen atoms in total. The summed E-state index contributed by atoms with van der Waals surface area (Å²) >= 11 is 13.9. The van der Waals surface area contributed by atoms with E-state index in [0.29, 0.717) is 60.0 Å². The Kier molecular flexibility index (Phi) is 18.9. The minimum atomic E-state index is -3.67. The number of rotatable bonds is 20. The molecule has 0 fully saturated rings. The first-order chi connectivity index (χ1) is 28.4. The van der Waals surface area contributed by atoms with Gasteiger partial charge in [0.15, 0.2) is 0 Å². The van der Waals surface area contributed by atoms with E-state index < -0.39 is 32.0 Å². The molecule has 0 spiro atoms. The smallest absolute Gasteiger partial charge is 0.303 e. The van der Waals surface area contributed by atoms with E-state index in [1.165, 1.54) is 12.1 Å². The van der Waals surface area contributed by atoms with Crippen LogP contribution >= 0.6 is 63.7 Å². The van der Waals surface area contributed by atoms with Crippen LogP contribution in [-0.4, -0.2) is 44.7 Å². The number of carboxylic acids is 2. The third-order valence-corrected chi connectivity index (χ3v) is 13.5. The van der Waals surface area contributed by atoms with Crippen molar-refractivity contribution < 1.29 is 46.1 Å². The van der Waals surface area contributed by atoms with Gasteiger partial charge in [-0.15, -0.1) is 0 Å². The van der Waals surface area contributed by atoms with Gasteiger partial charge < -0.3 is 19.7 Å². The number of nitrogens with one attached hydrogen (secondary N) is 2. The van der Waals surface area contributed by atoms with Gasteiger partial charge in [-0.1, -0.05) is 55.8 Å². The highest BCUT2D eigenvalue weighted by molar-refractivity contribution is 9.11. The number of carbonyl (C=O) groups is 2. The monoisotopic (exact) mass is 1110 g/mol. The van der Waals surface area contributed by atoms with Crippen molar-refractivity contribution >= 4 is 107 Å². The lowest BCUT2D eigenvalue weighted by atomic mass is 10.1. The Morgan fingerprint density at radius 3 is 1.43 bits per heavy atom. The molecule has 0 saturated heterocycles. The predicted octanol–water partition coefficient (Wildman–Crippen LogP) is 11.0. The third kappa shape index (κ3) is 16.2. The quantitative estimate of drug-likeness (QED) is 0.0585. The Morgan fingerprint density at radius 2 is 1.02 bits per heavy atom. The maximum atomic E-state index is 12.5. The minimum absolute atomic E-state index is 0.0464. The zero-order valence-corrected chi connectivity index (χ0v) is 40.1. The summed E-state index contributed by atoms with van der Waals surface area (Å²) in [6.45, 7) is 2.41. The normalized spacial score (nSPS) is 11.2. The highest BCUT2D eigenvalue weighted by atomic mass is 79.9. The molecule has 0 aliphatic rings. The van der Waals surface area contributed by atoms with Gasteiger partial charge in [0.05, 0.1) is 28.5 Å². The predicted molar refractivity (Wildman–Crippen MR) is 247 cm³/mol. The van der Waals surface area contributed by atoms with Gasteiger partial charge in [-0.05, 0) is 166 Å². The SMILES string of the molecule is CCCCS(=O)(=O)Nc1cccc(COc2c(Br)cc(CCC(=O)O)cc2Br)c1.O=C(O)CCc1cc(Br)c(OCc2cccc(NS(=O)(=O)c3ccccc3)c2)c(Br)c1. The largest absolute Gasteiger partial charge is 0.487 e. The first kappa shape index (κ1) is 48.7. The fraction of sp³-hybridized carbons (Fsp3) is 0.238. The number of benzene rings is 5. The van der Waals surface area contributed by atoms with Crippen LogP contribution in [0.25, 0.3) is 0 Å². The van der Waals surface area contributed by atoms with E-state index >= 15 is 0 Å². The molecule has 0 radical (unpaired) electrons. The fourth-order valence-corrected chi connectivity index (χ4v) is 10.8. The molecule has 320 valence electrons. The van der Waals surface area contributed by atoms with Crippen molar-refractivity contribution in [1.82, 2.24) is 0 Å². The van der Waals surface area contributed by atoms with Crippen molar-refractivity contribution in [1.29, 1.82) is 0 Å². The Bertz CT molecular complexity index is 2440. The lowest BCUT2D eigenvalue weighted by molar-refractivity contribution is -0.138. The number of hydrogen-bond acceptors (Lipinski definition) is 8. The van der Waals surface area contributed by atoms with Gasteiger partial charge in [0.1, 0.15) is 24.7 Å². The van der Waals surface area contributed by atoms with Gasteiger partial charge in [0.2, 0.25) is 10.0 Å². The van der Waals surface area contributed by atoms with E-state index in [-0.39, 0.29) is 36.7 Å². The second-order valence-electron chi connectivity index (χ2n) is 13.2. The van der Waals surface area contributed by atoms with Gasteiger partial charge in [-0.25, -0.2) is 16.8 Å². The van der Waals surface area contributed by atoms with E-state index in [1.54, 1.807) is 54.6 Å². The van der Waals surface area contributed by atoms with Crippen molar-refractivity contribution in [2.45, 2.75) is 63.6 Å². The Labute approximate surface area is 383 Å². The molecule has 4 N–H and O–H groups in total. The van der Waals surface area contributed by atoms with E-state index in [1.807, 2.05) is 43.3 Å². The Balaban J connectivity index is 0.000000265. The summed E-state index contributed by atoms with van der Waals surface area (Å²) in [5.41, 5.74) is 4.28. The molecule has 18 heteroatoms. The standard InChI is InChI=1S/C22H19Br2NO5S.C20H23Br2NO5S/c23-19-12-15(9-10-21(26)27)13-20(24)22(19)30-14-16-5-4-6-17(11-16)25-31(28,29)18-7-2-1-3-8-18;1-2-3-9-29(26,27)23-16-6-4-5-15(10-16)13-28-20-17(21)11-14(12-18(20)22)7-8-19(24)25/h1-8,11-13,25H,9-10,14H2,(H,26,27);4-6,10-12,23H,2-3,7-9,13H2,1H3,(H,24,25). The minimum Gasteiger partial charge on any atom is -0.487 e. The van der Waals surface area contributed by atoms with Crippen molar-refractivity contribution in [3.05, 3.63) is 143 Å². The van der Waals surface area contributed by atoms with E-state index in [2.05, 4.69) is 73.2 Å². The molecule has 5 rings (SSSR count). The van der Waals surface area contributed by atoms with E-state index in [9.17, 15) is 26.4 Å². The number of carboxylic acid groups (broad SMARTS) is 2. The highest BCUT2D eigenvalue weighted by Gasteiger charge is 2.16. The van der Waals surface area contributed by atoms with Crippen LogP contribution in [0.2, 0.25) is 0 Å². The number of anilines is 2. The molecular formula is C42H42Br4N2O10S2. The van der Waals surface area contributed by atoms with Gasteiger partial charge in [0, 0.05) is 24.2 Å². The van der Waals surface area contributed by atoms with Crippen LogP contribution in [-0.2, 0) is 55.7 Å². The first-order valence-corrected chi connectivity index (χ1v) is 24.7. The summed E-state index contributed by atoms with van der Waals surface area (Å²) in [4.78, 5) is 21.7. The molecule has 0 bridgehead atoms. The fourth-order valence-electron chi connectivity index (χ4n) is 5.43. The van der Waals surface area contributed by atoms with Crippen LogP contribution in [0.5, 0.6) is 11.5 Å². The summed E-state index contributed by atoms with van der Waals surface area (Å²) in [6, 6.07) is 29.5. The summed E-state index contributed by atoms with van der Waals surface area (Å²) in [7, 11) is -7.03. The molecule has 0 aliphatic carbocycles. The number of unbranched alkanes of at least 4 members (excludes halogenated alkanes) is 1. The highest BCUT2D eigenvalue weighted by Crippen LogP contribution is 2.37. The zero-order chi connectivity index (χ0) is 43.9. The summed E-state index contributed by atoms with van der Waals surface area (Å²) in [6.07, 6.45) is 2.37. The van der Waals surface area contributed by atoms with E-state index in [4.69, 9.17) is 19.7 Å². The number of sulfonamides is 2. The molecule has 5 aromatic carbocycles. The number of halogens is 4. The van der Waals surface area contributed by atoms with Crippen LogP contribution in [0.4, 0.5) is 11.4 Å². The van der Waals surface area contributed by atoms with Gasteiger partial charge >= 0.3 is 11.9 Å². The zero-order valence-electron chi connectivity index (χ0n) is 32.2. The number of ether oxygens (including phenoxy) is 2. The molecule has 0 amide bonds. The molecule has 60 heavy (non-hydrogen) atoms. The molecule has 5 aromatic rings. The van der Waals surface area contributed by atoms with Gasteiger partial charge in [0.25, 0.3) is 10.0 Å². The second-order valence-corrected chi connectivity index (χ2v) is 20.2. The van der Waals surface area contributed by atoms with Gasteiger partial charge in [-0.2, -0.15) is 0 Å². The van der Waals surface area contributed by atoms with Crippen LogP contribution < -0.4 is 18.9 Å². The van der Waals surface area contributed by atoms with Crippen molar-refractivity contribution in [3.8, 4) is 11.5 Å². The molecule has 0 aromatic heterocycles. The molecule has 0 atom stereocenters. The summed E-state index contributed by atoms with van der Waals surface area (Å²) in [5.74, 6) is -0.427. The third-order valence-electron chi connectivity index (χ3n) is 8.34. The molecular weight excluding hydrogens is 1080 g/mol. The maximum absolute atomic E-state index is 12.5. The maximum Gasteiger partial charge on any atom is 0.303 e. The van der Waals surface area contributed by atoms with Crippen LogP contribution in [0.15, 0.2) is 126 Å². The lowest BCUT2D eigenvalue weighted by Gasteiger charge is -2.13. The summed E-state index contributed by atoms with van der Waals surface area (Å²) in [5, 5.41) is 17.7. The van der Waals surface area contributed by atoms with Crippen molar-refractivity contribution in [3.63, 3.8) is 0 Å². The Hall–Kier alpha value is -3.94. The number of aliphatic carboxylic acids is 2. The van der Waals surface area contributed by atoms with Crippen molar-refractivity contribution in [2.75, 3.05) is 15.2 Å². The van der Waals surface area contributed by atoms with Crippen LogP contribution in [0, 0.1) is 0 Å². The molecule has 0 saturated carbocycles. The topological polar surface area (TPSA) is 185 Å². The van der Waals surface area contributed by atoms with E-state index in [0.717, 1.165) is 28.7 Å². The lowest BCUT2D eigenvalue weighted by Crippen LogP contribution is -2.16. The average Bonchev–Trinajstić information content (AvgIpc) is 3.18. The summed E-state index contributed by atoms with van der Waals surface area (Å²) < 4.78 is 69.0. The second kappa shape index (κ2) is 23.3. The van der Waals surface area contributed by atoms with Gasteiger partial charge in [-0.3, -0.25) is 19.0 Å². The van der Waals surface area contributed by atoms with Crippen molar-refractivity contribution in [2.24, 2.45) is 0 Å². The number of aryl methyl sites for hydroxylation is 2. The number of hydrogen-bond donors (Lipinski definition) is 4. The molecule has 0 unspecified atom stereocenters.